The average molecular weight is 471 g/mol. The van der Waals surface area contributed by atoms with E-state index in [1.165, 1.54) is 0 Å². The number of nitrogens with zero attached hydrogens (tertiary/aromatic N) is 1. The highest BCUT2D eigenvalue weighted by molar-refractivity contribution is 5.97. The van der Waals surface area contributed by atoms with Gasteiger partial charge in [-0.3, -0.25) is 4.79 Å². The van der Waals surface area contributed by atoms with Crippen molar-refractivity contribution in [3.05, 3.63) is 47.5 Å². The molecule has 3 rings (SSSR count). The third-order valence-corrected chi connectivity index (χ3v) is 5.43. The van der Waals surface area contributed by atoms with Gasteiger partial charge in [0.2, 0.25) is 0 Å². The smallest absolute Gasteiger partial charge is 0.338 e. The largest absolute Gasteiger partial charge is 0.492 e. The number of carbonyl (C=O) groups is 2. The van der Waals surface area contributed by atoms with Gasteiger partial charge in [0.25, 0.3) is 5.91 Å². The van der Waals surface area contributed by atoms with Crippen molar-refractivity contribution in [1.82, 2.24) is 0 Å². The molecule has 8 nitrogen and oxygen atoms in total. The van der Waals surface area contributed by atoms with Crippen LogP contribution >= 0.6 is 0 Å². The maximum absolute atomic E-state index is 12.6. The van der Waals surface area contributed by atoms with Gasteiger partial charge >= 0.3 is 5.97 Å². The van der Waals surface area contributed by atoms with Gasteiger partial charge in [0.1, 0.15) is 11.5 Å². The number of hydrogen-bond donors (Lipinski definition) is 1. The predicted molar refractivity (Wildman–Crippen MR) is 131 cm³/mol. The van der Waals surface area contributed by atoms with Crippen LogP contribution < -0.4 is 19.7 Å². The van der Waals surface area contributed by atoms with Gasteiger partial charge in [-0.25, -0.2) is 4.79 Å². The Hall–Kier alpha value is -3.26. The van der Waals surface area contributed by atoms with Crippen LogP contribution in [0.5, 0.6) is 11.5 Å². The minimum atomic E-state index is -0.548. The fourth-order valence-corrected chi connectivity index (χ4v) is 3.65. The maximum atomic E-state index is 12.6. The van der Waals surface area contributed by atoms with Crippen LogP contribution in [0.4, 0.5) is 11.4 Å². The van der Waals surface area contributed by atoms with Crippen LogP contribution in [-0.4, -0.2) is 58.0 Å². The number of ether oxygens (including phenoxy) is 4. The highest BCUT2D eigenvalue weighted by atomic mass is 16.5. The number of rotatable bonds is 10. The molecular formula is C26H34N2O6. The number of benzene rings is 2. The van der Waals surface area contributed by atoms with Crippen LogP contribution in [0.3, 0.4) is 0 Å². The zero-order valence-electron chi connectivity index (χ0n) is 20.4. The van der Waals surface area contributed by atoms with Crippen molar-refractivity contribution >= 4 is 23.3 Å². The molecule has 0 aliphatic carbocycles. The molecule has 1 fully saturated rings. The average Bonchev–Trinajstić information content (AvgIpc) is 2.85. The van der Waals surface area contributed by atoms with E-state index in [0.717, 1.165) is 24.3 Å². The Kier molecular flexibility index (Phi) is 9.16. The van der Waals surface area contributed by atoms with E-state index >= 15 is 0 Å². The first-order valence-electron chi connectivity index (χ1n) is 11.8. The Balaban J connectivity index is 1.70. The van der Waals surface area contributed by atoms with E-state index in [-0.39, 0.29) is 0 Å². The molecule has 1 aliphatic rings. The molecular weight excluding hydrogens is 436 g/mol. The molecule has 0 saturated carbocycles. The van der Waals surface area contributed by atoms with Crippen molar-refractivity contribution in [3.8, 4) is 11.5 Å². The summed E-state index contributed by atoms with van der Waals surface area (Å²) in [7, 11) is 0. The molecule has 0 atom stereocenters. The molecule has 1 saturated heterocycles. The van der Waals surface area contributed by atoms with Crippen molar-refractivity contribution < 1.29 is 28.5 Å². The lowest BCUT2D eigenvalue weighted by Gasteiger charge is -2.31. The van der Waals surface area contributed by atoms with E-state index in [2.05, 4.69) is 24.1 Å². The molecule has 1 heterocycles. The normalized spacial score (nSPS) is 13.5. The molecule has 184 valence electrons. The number of nitrogens with one attached hydrogen (secondary N) is 1. The van der Waals surface area contributed by atoms with Crippen LogP contribution in [-0.2, 0) is 14.3 Å². The van der Waals surface area contributed by atoms with Gasteiger partial charge in [0.05, 0.1) is 43.4 Å². The first-order valence-corrected chi connectivity index (χ1v) is 11.8. The summed E-state index contributed by atoms with van der Waals surface area (Å²) in [5, 5.41) is 2.79. The minimum absolute atomic E-state index is 0.367. The fraction of sp³-hybridized carbons (Fsp3) is 0.462. The summed E-state index contributed by atoms with van der Waals surface area (Å²) in [5.41, 5.74) is 2.89. The van der Waals surface area contributed by atoms with Crippen molar-refractivity contribution in [2.45, 2.75) is 33.6 Å². The second kappa shape index (κ2) is 12.3. The molecule has 8 heteroatoms. The summed E-state index contributed by atoms with van der Waals surface area (Å²) < 4.78 is 22.3. The second-order valence-corrected chi connectivity index (χ2v) is 8.18. The first kappa shape index (κ1) is 25.4. The lowest BCUT2D eigenvalue weighted by molar-refractivity contribution is -0.119. The SMILES string of the molecule is CCOc1cc(N2CCOCC2)c(OCC)cc1NC(=O)COC(=O)c1ccc(C(C)C)cc1. The van der Waals surface area contributed by atoms with Crippen molar-refractivity contribution in [1.29, 1.82) is 0 Å². The Labute approximate surface area is 201 Å². The number of carbonyl (C=O) groups excluding carboxylic acids is 2. The van der Waals surface area contributed by atoms with Gasteiger partial charge in [-0.2, -0.15) is 0 Å². The topological polar surface area (TPSA) is 86.3 Å². The van der Waals surface area contributed by atoms with Gasteiger partial charge in [0.15, 0.2) is 6.61 Å². The molecule has 0 aromatic heterocycles. The van der Waals surface area contributed by atoms with E-state index in [1.54, 1.807) is 18.2 Å². The van der Waals surface area contributed by atoms with Crippen LogP contribution in [0.2, 0.25) is 0 Å². The maximum Gasteiger partial charge on any atom is 0.338 e. The molecule has 1 N–H and O–H groups in total. The first-order chi connectivity index (χ1) is 16.4. The third kappa shape index (κ3) is 6.63. The van der Waals surface area contributed by atoms with Crippen molar-refractivity contribution in [3.63, 3.8) is 0 Å². The van der Waals surface area contributed by atoms with Gasteiger partial charge < -0.3 is 29.2 Å². The van der Waals surface area contributed by atoms with Crippen LogP contribution in [0, 0.1) is 0 Å². The summed E-state index contributed by atoms with van der Waals surface area (Å²) in [6.45, 7) is 11.2. The zero-order valence-corrected chi connectivity index (χ0v) is 20.4. The number of amides is 1. The molecule has 1 aliphatic heterocycles. The zero-order chi connectivity index (χ0) is 24.5. The van der Waals surface area contributed by atoms with Crippen LogP contribution in [0.25, 0.3) is 0 Å². The van der Waals surface area contributed by atoms with E-state index in [9.17, 15) is 9.59 Å². The summed E-state index contributed by atoms with van der Waals surface area (Å²) in [5.74, 6) is 0.524. The van der Waals surface area contributed by atoms with E-state index in [1.807, 2.05) is 32.0 Å². The summed E-state index contributed by atoms with van der Waals surface area (Å²) in [4.78, 5) is 27.1. The molecule has 34 heavy (non-hydrogen) atoms. The van der Waals surface area contributed by atoms with Gasteiger partial charge in [-0.1, -0.05) is 26.0 Å². The summed E-state index contributed by atoms with van der Waals surface area (Å²) >= 11 is 0. The van der Waals surface area contributed by atoms with Crippen LogP contribution in [0.1, 0.15) is 49.5 Å². The number of morpholine rings is 1. The molecule has 0 unspecified atom stereocenters. The van der Waals surface area contributed by atoms with Gasteiger partial charge in [0, 0.05) is 25.2 Å². The quantitative estimate of drug-likeness (QED) is 0.520. The molecule has 2 aromatic rings. The molecule has 0 bridgehead atoms. The van der Waals surface area contributed by atoms with Crippen molar-refractivity contribution in [2.24, 2.45) is 0 Å². The summed E-state index contributed by atoms with van der Waals surface area (Å²) in [6, 6.07) is 10.8. The van der Waals surface area contributed by atoms with Crippen LogP contribution in [0.15, 0.2) is 36.4 Å². The van der Waals surface area contributed by atoms with E-state index in [0.29, 0.717) is 55.1 Å². The van der Waals surface area contributed by atoms with E-state index in [4.69, 9.17) is 18.9 Å². The van der Waals surface area contributed by atoms with Gasteiger partial charge in [-0.05, 0) is 37.5 Å². The highest BCUT2D eigenvalue weighted by Crippen LogP contribution is 2.39. The fourth-order valence-electron chi connectivity index (χ4n) is 3.65. The Morgan fingerprint density at radius 1 is 1.00 bits per heavy atom. The minimum Gasteiger partial charge on any atom is -0.492 e. The Morgan fingerprint density at radius 3 is 2.26 bits per heavy atom. The molecule has 0 spiro atoms. The molecule has 1 amide bonds. The number of anilines is 2. The van der Waals surface area contributed by atoms with Gasteiger partial charge in [-0.15, -0.1) is 0 Å². The van der Waals surface area contributed by atoms with Crippen molar-refractivity contribution in [2.75, 3.05) is 56.3 Å². The monoisotopic (exact) mass is 470 g/mol. The number of hydrogen-bond acceptors (Lipinski definition) is 7. The predicted octanol–water partition coefficient (Wildman–Crippen LogP) is 4.24. The molecule has 0 radical (unpaired) electrons. The standard InChI is InChI=1S/C26H34N2O6/c1-5-32-23-16-22(28-11-13-31-14-12-28)24(33-6-2)15-21(23)27-25(29)17-34-26(30)20-9-7-19(8-10-20)18(3)4/h7-10,15-16,18H,5-6,11-14,17H2,1-4H3,(H,27,29). The third-order valence-electron chi connectivity index (χ3n) is 5.43. The Morgan fingerprint density at radius 2 is 1.65 bits per heavy atom. The lowest BCUT2D eigenvalue weighted by Crippen LogP contribution is -2.36. The summed E-state index contributed by atoms with van der Waals surface area (Å²) in [6.07, 6.45) is 0. The van der Waals surface area contributed by atoms with E-state index < -0.39 is 18.5 Å². The second-order valence-electron chi connectivity index (χ2n) is 8.18. The number of esters is 1. The highest BCUT2D eigenvalue weighted by Gasteiger charge is 2.21. The lowest BCUT2D eigenvalue weighted by atomic mass is 10.0. The Bertz CT molecular complexity index is 968. The molecule has 2 aromatic carbocycles.